The molecule has 134 valence electrons. The summed E-state index contributed by atoms with van der Waals surface area (Å²) >= 11 is 1.38. The highest BCUT2D eigenvalue weighted by Crippen LogP contribution is 2.23. The maximum Gasteiger partial charge on any atom is 0.265 e. The molecule has 25 heavy (non-hydrogen) atoms. The van der Waals surface area contributed by atoms with Crippen molar-refractivity contribution in [3.05, 3.63) is 52.2 Å². The molecule has 1 aliphatic rings. The first-order valence-corrected chi connectivity index (χ1v) is 8.94. The van der Waals surface area contributed by atoms with Crippen LogP contribution in [0.4, 0.5) is 5.69 Å². The smallest absolute Gasteiger partial charge is 0.265 e. The number of thiophene rings is 1. The average molecular weight is 380 g/mol. The maximum atomic E-state index is 12.8. The second kappa shape index (κ2) is 8.99. The molecule has 2 N–H and O–H groups in total. The van der Waals surface area contributed by atoms with Crippen molar-refractivity contribution in [2.45, 2.75) is 6.42 Å². The van der Waals surface area contributed by atoms with Gasteiger partial charge in [-0.2, -0.15) is 0 Å². The molecule has 1 aromatic carbocycles. The predicted octanol–water partition coefficient (Wildman–Crippen LogP) is 3.10. The molecule has 0 saturated carbocycles. The number of hydrogen-bond acceptors (Lipinski definition) is 4. The number of amides is 2. The van der Waals surface area contributed by atoms with E-state index in [-0.39, 0.29) is 24.2 Å². The van der Waals surface area contributed by atoms with Gasteiger partial charge in [0.25, 0.3) is 11.8 Å². The minimum atomic E-state index is -0.181. The molecule has 0 bridgehead atoms. The van der Waals surface area contributed by atoms with Crippen LogP contribution in [-0.4, -0.2) is 43.4 Å². The van der Waals surface area contributed by atoms with Crippen LogP contribution in [0.2, 0.25) is 0 Å². The largest absolute Gasteiger partial charge is 0.338 e. The molecule has 1 aliphatic heterocycles. The highest BCUT2D eigenvalue weighted by molar-refractivity contribution is 7.12. The lowest BCUT2D eigenvalue weighted by molar-refractivity contribution is 0.0788. The molecular formula is C18H22ClN3O2S. The van der Waals surface area contributed by atoms with Crippen LogP contribution in [0.25, 0.3) is 0 Å². The SMILES string of the molecule is CNCC1CCN(C(=O)c2ccccc2NC(=O)c2cccs2)C1.Cl. The number of likely N-dealkylation sites (tertiary alicyclic amines) is 1. The number of nitrogens with one attached hydrogen (secondary N) is 2. The molecule has 2 aromatic rings. The topological polar surface area (TPSA) is 61.4 Å². The Morgan fingerprint density at radius 2 is 2.04 bits per heavy atom. The van der Waals surface area contributed by atoms with Gasteiger partial charge in [0.2, 0.25) is 0 Å². The van der Waals surface area contributed by atoms with E-state index in [4.69, 9.17) is 0 Å². The molecule has 0 spiro atoms. The first-order chi connectivity index (χ1) is 11.7. The molecular weight excluding hydrogens is 358 g/mol. The fourth-order valence-electron chi connectivity index (χ4n) is 3.01. The molecule has 1 fully saturated rings. The van der Waals surface area contributed by atoms with Gasteiger partial charge in [0, 0.05) is 13.1 Å². The number of carbonyl (C=O) groups is 2. The number of hydrogen-bond donors (Lipinski definition) is 2. The lowest BCUT2D eigenvalue weighted by Gasteiger charge is -2.19. The van der Waals surface area contributed by atoms with Crippen LogP contribution in [-0.2, 0) is 0 Å². The van der Waals surface area contributed by atoms with E-state index in [0.29, 0.717) is 22.0 Å². The third-order valence-corrected chi connectivity index (χ3v) is 5.09. The number of halogens is 1. The Balaban J connectivity index is 0.00000225. The zero-order valence-electron chi connectivity index (χ0n) is 14.0. The first kappa shape index (κ1) is 19.4. The summed E-state index contributed by atoms with van der Waals surface area (Å²) in [6.45, 7) is 2.44. The summed E-state index contributed by atoms with van der Waals surface area (Å²) in [5, 5.41) is 7.89. The summed E-state index contributed by atoms with van der Waals surface area (Å²) < 4.78 is 0. The zero-order chi connectivity index (χ0) is 16.9. The highest BCUT2D eigenvalue weighted by Gasteiger charge is 2.27. The van der Waals surface area contributed by atoms with E-state index in [0.717, 1.165) is 26.1 Å². The number of nitrogens with zero attached hydrogens (tertiary/aromatic N) is 1. The molecule has 2 amide bonds. The van der Waals surface area contributed by atoms with Crippen molar-refractivity contribution in [3.63, 3.8) is 0 Å². The fourth-order valence-corrected chi connectivity index (χ4v) is 3.63. The molecule has 1 unspecified atom stereocenters. The summed E-state index contributed by atoms with van der Waals surface area (Å²) in [6.07, 6.45) is 1.01. The third kappa shape index (κ3) is 4.60. The van der Waals surface area contributed by atoms with E-state index in [9.17, 15) is 9.59 Å². The van der Waals surface area contributed by atoms with Crippen molar-refractivity contribution >= 4 is 41.2 Å². The Hall–Kier alpha value is -1.89. The Morgan fingerprint density at radius 3 is 2.76 bits per heavy atom. The van der Waals surface area contributed by atoms with Crippen LogP contribution >= 0.6 is 23.7 Å². The molecule has 5 nitrogen and oxygen atoms in total. The van der Waals surface area contributed by atoms with Crippen molar-refractivity contribution in [2.24, 2.45) is 5.92 Å². The molecule has 7 heteroatoms. The Kier molecular flexibility index (Phi) is 6.99. The molecule has 1 aromatic heterocycles. The summed E-state index contributed by atoms with van der Waals surface area (Å²) in [7, 11) is 1.93. The van der Waals surface area contributed by atoms with Crippen molar-refractivity contribution in [3.8, 4) is 0 Å². The minimum Gasteiger partial charge on any atom is -0.338 e. The van der Waals surface area contributed by atoms with E-state index in [1.807, 2.05) is 35.5 Å². The van der Waals surface area contributed by atoms with E-state index in [2.05, 4.69) is 10.6 Å². The van der Waals surface area contributed by atoms with Crippen LogP contribution in [0.5, 0.6) is 0 Å². The third-order valence-electron chi connectivity index (χ3n) is 4.22. The molecule has 1 saturated heterocycles. The second-order valence-electron chi connectivity index (χ2n) is 5.94. The standard InChI is InChI=1S/C18H21N3O2S.ClH/c1-19-11-13-8-9-21(12-13)18(23)14-5-2-3-6-15(14)20-17(22)16-7-4-10-24-16;/h2-7,10,13,19H,8-9,11-12H2,1H3,(H,20,22);1H. The Labute approximate surface area is 157 Å². The van der Waals surface area contributed by atoms with Gasteiger partial charge in [-0.05, 0) is 49.5 Å². The van der Waals surface area contributed by atoms with Gasteiger partial charge in [0.15, 0.2) is 0 Å². The monoisotopic (exact) mass is 379 g/mol. The lowest BCUT2D eigenvalue weighted by Crippen LogP contribution is -2.31. The van der Waals surface area contributed by atoms with Crippen molar-refractivity contribution in [1.29, 1.82) is 0 Å². The van der Waals surface area contributed by atoms with Gasteiger partial charge >= 0.3 is 0 Å². The number of anilines is 1. The van der Waals surface area contributed by atoms with Gasteiger partial charge in [0.05, 0.1) is 16.1 Å². The zero-order valence-corrected chi connectivity index (χ0v) is 15.7. The van der Waals surface area contributed by atoms with Crippen LogP contribution in [0.1, 0.15) is 26.5 Å². The quantitative estimate of drug-likeness (QED) is 0.839. The van der Waals surface area contributed by atoms with Gasteiger partial charge in [-0.3, -0.25) is 9.59 Å². The lowest BCUT2D eigenvalue weighted by atomic mass is 10.1. The highest BCUT2D eigenvalue weighted by atomic mass is 35.5. The van der Waals surface area contributed by atoms with E-state index in [1.165, 1.54) is 11.3 Å². The van der Waals surface area contributed by atoms with Gasteiger partial charge < -0.3 is 15.5 Å². The van der Waals surface area contributed by atoms with Crippen LogP contribution < -0.4 is 10.6 Å². The maximum absolute atomic E-state index is 12.8. The molecule has 0 aliphatic carbocycles. The normalized spacial score (nSPS) is 16.4. The molecule has 2 heterocycles. The minimum absolute atomic E-state index is 0. The van der Waals surface area contributed by atoms with E-state index < -0.39 is 0 Å². The predicted molar refractivity (Wildman–Crippen MR) is 104 cm³/mol. The summed E-state index contributed by atoms with van der Waals surface area (Å²) in [5.74, 6) is 0.294. The molecule has 1 atom stereocenters. The number of para-hydroxylation sites is 1. The Bertz CT molecular complexity index is 721. The fraction of sp³-hybridized carbons (Fsp3) is 0.333. The molecule has 3 rings (SSSR count). The summed E-state index contributed by atoms with van der Waals surface area (Å²) in [4.78, 5) is 27.6. The number of rotatable bonds is 5. The number of benzene rings is 1. The van der Waals surface area contributed by atoms with Crippen molar-refractivity contribution in [2.75, 3.05) is 32.0 Å². The van der Waals surface area contributed by atoms with Gasteiger partial charge in [-0.15, -0.1) is 23.7 Å². The van der Waals surface area contributed by atoms with Crippen LogP contribution in [0.3, 0.4) is 0 Å². The number of carbonyl (C=O) groups excluding carboxylic acids is 2. The van der Waals surface area contributed by atoms with Gasteiger partial charge in [-0.1, -0.05) is 18.2 Å². The van der Waals surface area contributed by atoms with E-state index >= 15 is 0 Å². The van der Waals surface area contributed by atoms with Crippen LogP contribution in [0.15, 0.2) is 41.8 Å². The van der Waals surface area contributed by atoms with Crippen LogP contribution in [0, 0.1) is 5.92 Å². The second-order valence-corrected chi connectivity index (χ2v) is 6.89. The Morgan fingerprint density at radius 1 is 1.24 bits per heavy atom. The van der Waals surface area contributed by atoms with Crippen molar-refractivity contribution < 1.29 is 9.59 Å². The van der Waals surface area contributed by atoms with Crippen molar-refractivity contribution in [1.82, 2.24) is 10.2 Å². The first-order valence-electron chi connectivity index (χ1n) is 8.07. The molecule has 0 radical (unpaired) electrons. The summed E-state index contributed by atoms with van der Waals surface area (Å²) in [5.41, 5.74) is 1.12. The van der Waals surface area contributed by atoms with Gasteiger partial charge in [-0.25, -0.2) is 0 Å². The summed E-state index contributed by atoms with van der Waals surface area (Å²) in [6, 6.07) is 10.8. The average Bonchev–Trinajstić information content (AvgIpc) is 3.27. The van der Waals surface area contributed by atoms with Gasteiger partial charge in [0.1, 0.15) is 0 Å². The van der Waals surface area contributed by atoms with E-state index in [1.54, 1.807) is 18.2 Å².